The molecule has 0 aliphatic rings. The quantitative estimate of drug-likeness (QED) is 0.0522. The van der Waals surface area contributed by atoms with Crippen molar-refractivity contribution in [1.29, 1.82) is 0 Å². The number of ether oxygens (including phenoxy) is 1. The average molecular weight is 685 g/mol. The first-order valence-electron chi connectivity index (χ1n) is 22.9. The minimum absolute atomic E-state index is 0.744. The largest absolute Gasteiger partial charge is 0.498 e. The molecule has 0 aliphatic heterocycles. The SMILES string of the molecule is C=C(CCCCCCCCCC)OCC(CCCCCC)CCCCCC.CC.CC.CC.CCCC.CCCCCCCCCCC. The van der Waals surface area contributed by atoms with Crippen LogP contribution >= 0.6 is 0 Å². The molecule has 0 N–H and O–H groups in total. The van der Waals surface area contributed by atoms with E-state index in [2.05, 4.69) is 55.0 Å². The maximum atomic E-state index is 6.08. The summed E-state index contributed by atoms with van der Waals surface area (Å²) in [5.74, 6) is 1.78. The second kappa shape index (κ2) is 68.5. The fourth-order valence-electron chi connectivity index (χ4n) is 5.18. The standard InChI is InChI=1S/C26H52O.C11H24.C4H10.3C2H6/c1-5-8-11-14-15-16-17-18-21-25(4)27-24-26(22-19-12-9-6-2)23-20-13-10-7-3;1-3-5-7-9-11-10-8-6-4-2;1-3-4-2;3*1-2/h26H,4-24H2,1-3H3;3-11H2,1-2H3;3-4H2,1-2H3;3*1-2H3. The second-order valence-electron chi connectivity index (χ2n) is 13.1. The van der Waals surface area contributed by atoms with Crippen LogP contribution < -0.4 is 0 Å². The number of allylic oxidation sites excluding steroid dienone is 1. The summed E-state index contributed by atoms with van der Waals surface area (Å²) < 4.78 is 6.08. The van der Waals surface area contributed by atoms with E-state index in [0.29, 0.717) is 0 Å². The van der Waals surface area contributed by atoms with Gasteiger partial charge in [-0.3, -0.25) is 0 Å². The first kappa shape index (κ1) is 59.7. The molecule has 0 spiro atoms. The molecule has 0 aromatic carbocycles. The summed E-state index contributed by atoms with van der Waals surface area (Å²) in [7, 11) is 0. The van der Waals surface area contributed by atoms with Crippen LogP contribution in [0.2, 0.25) is 0 Å². The molecule has 298 valence electrons. The molecule has 0 aromatic rings. The number of rotatable bonds is 31. The van der Waals surface area contributed by atoms with Gasteiger partial charge in [0.15, 0.2) is 0 Å². The third-order valence-electron chi connectivity index (χ3n) is 8.47. The lowest BCUT2D eigenvalue weighted by atomic mass is 9.95. The number of unbranched alkanes of at least 4 members (excludes halogenated alkanes) is 22. The van der Waals surface area contributed by atoms with Crippen molar-refractivity contribution in [1.82, 2.24) is 0 Å². The fraction of sp³-hybridized carbons (Fsp3) is 0.957. The minimum Gasteiger partial charge on any atom is -0.498 e. The van der Waals surface area contributed by atoms with E-state index in [4.69, 9.17) is 4.74 Å². The summed E-state index contributed by atoms with van der Waals surface area (Å²) >= 11 is 0. The molecule has 0 aromatic heterocycles. The van der Waals surface area contributed by atoms with Gasteiger partial charge < -0.3 is 4.74 Å². The van der Waals surface area contributed by atoms with Gasteiger partial charge in [-0.15, -0.1) is 0 Å². The van der Waals surface area contributed by atoms with Crippen molar-refractivity contribution < 1.29 is 4.74 Å². The minimum atomic E-state index is 0.744. The fourth-order valence-corrected chi connectivity index (χ4v) is 5.18. The Morgan fingerprint density at radius 1 is 0.354 bits per heavy atom. The number of hydrogen-bond acceptors (Lipinski definition) is 1. The van der Waals surface area contributed by atoms with E-state index in [1.165, 1.54) is 186 Å². The summed E-state index contributed by atoms with van der Waals surface area (Å²) in [5, 5.41) is 0. The molecule has 1 heteroatoms. The van der Waals surface area contributed by atoms with E-state index >= 15 is 0 Å². The van der Waals surface area contributed by atoms with Gasteiger partial charge in [0.25, 0.3) is 0 Å². The molecule has 0 saturated heterocycles. The molecule has 0 heterocycles. The topological polar surface area (TPSA) is 9.23 Å². The smallest absolute Gasteiger partial charge is 0.0905 e. The highest BCUT2D eigenvalue weighted by atomic mass is 16.5. The lowest BCUT2D eigenvalue weighted by molar-refractivity contribution is 0.144. The van der Waals surface area contributed by atoms with Crippen LogP contribution in [-0.2, 0) is 4.74 Å². The van der Waals surface area contributed by atoms with Gasteiger partial charge in [0.1, 0.15) is 0 Å². The highest BCUT2D eigenvalue weighted by Gasteiger charge is 2.10. The Kier molecular flexibility index (Phi) is 85.1. The summed E-state index contributed by atoms with van der Waals surface area (Å²) in [5.41, 5.74) is 0. The Hall–Kier alpha value is -0.460. The average Bonchev–Trinajstić information content (AvgIpc) is 3.14. The molecule has 0 amide bonds. The van der Waals surface area contributed by atoms with Gasteiger partial charge in [-0.1, -0.05) is 264 Å². The van der Waals surface area contributed by atoms with Gasteiger partial charge in [0.2, 0.25) is 0 Å². The van der Waals surface area contributed by atoms with Gasteiger partial charge in [0, 0.05) is 6.42 Å². The monoisotopic (exact) mass is 685 g/mol. The van der Waals surface area contributed by atoms with E-state index in [0.717, 1.165) is 24.7 Å². The van der Waals surface area contributed by atoms with Crippen LogP contribution in [0.15, 0.2) is 12.3 Å². The molecule has 0 radical (unpaired) electrons. The van der Waals surface area contributed by atoms with Crippen LogP contribution in [0.5, 0.6) is 0 Å². The highest BCUT2D eigenvalue weighted by Crippen LogP contribution is 2.21. The van der Waals surface area contributed by atoms with E-state index in [1.807, 2.05) is 41.5 Å². The molecule has 0 saturated carbocycles. The molecule has 0 aliphatic carbocycles. The molecule has 0 rings (SSSR count). The van der Waals surface area contributed by atoms with Crippen LogP contribution in [0.1, 0.15) is 283 Å². The van der Waals surface area contributed by atoms with Crippen LogP contribution in [-0.4, -0.2) is 6.61 Å². The van der Waals surface area contributed by atoms with Crippen molar-refractivity contribution >= 4 is 0 Å². The van der Waals surface area contributed by atoms with Crippen LogP contribution in [0, 0.1) is 5.92 Å². The van der Waals surface area contributed by atoms with E-state index in [1.54, 1.807) is 0 Å². The zero-order valence-corrected chi connectivity index (χ0v) is 37.1. The predicted molar refractivity (Wildman–Crippen MR) is 231 cm³/mol. The van der Waals surface area contributed by atoms with Gasteiger partial charge >= 0.3 is 0 Å². The molecule has 0 atom stereocenters. The van der Waals surface area contributed by atoms with Crippen molar-refractivity contribution in [2.45, 2.75) is 283 Å². The Labute approximate surface area is 311 Å². The van der Waals surface area contributed by atoms with Crippen LogP contribution in [0.3, 0.4) is 0 Å². The second-order valence-corrected chi connectivity index (χ2v) is 13.1. The molecule has 48 heavy (non-hydrogen) atoms. The first-order chi connectivity index (χ1) is 23.6. The van der Waals surface area contributed by atoms with Crippen molar-refractivity contribution in [3.8, 4) is 0 Å². The molecule has 0 fully saturated rings. The predicted octanol–water partition coefficient (Wildman–Crippen LogP) is 19.0. The first-order valence-corrected chi connectivity index (χ1v) is 22.9. The van der Waals surface area contributed by atoms with Crippen LogP contribution in [0.25, 0.3) is 0 Å². The van der Waals surface area contributed by atoms with E-state index in [9.17, 15) is 0 Å². The van der Waals surface area contributed by atoms with Crippen molar-refractivity contribution in [3.05, 3.63) is 12.3 Å². The van der Waals surface area contributed by atoms with Gasteiger partial charge in [-0.25, -0.2) is 0 Å². The molecule has 1 nitrogen and oxygen atoms in total. The Morgan fingerprint density at radius 3 is 0.875 bits per heavy atom. The zero-order chi connectivity index (χ0) is 37.8. The molecular weight excluding hydrogens is 581 g/mol. The van der Waals surface area contributed by atoms with Gasteiger partial charge in [-0.05, 0) is 25.2 Å². The zero-order valence-electron chi connectivity index (χ0n) is 37.1. The highest BCUT2D eigenvalue weighted by molar-refractivity contribution is 4.82. The Morgan fingerprint density at radius 2 is 0.604 bits per heavy atom. The lowest BCUT2D eigenvalue weighted by Gasteiger charge is -2.19. The summed E-state index contributed by atoms with van der Waals surface area (Å²) in [6, 6.07) is 0. The lowest BCUT2D eigenvalue weighted by Crippen LogP contribution is -2.10. The maximum Gasteiger partial charge on any atom is 0.0905 e. The van der Waals surface area contributed by atoms with Crippen molar-refractivity contribution in [2.24, 2.45) is 5.92 Å². The summed E-state index contributed by atoms with van der Waals surface area (Å²) in [6.07, 6.45) is 41.3. The normalized spacial score (nSPS) is 9.71. The summed E-state index contributed by atoms with van der Waals surface area (Å²) in [4.78, 5) is 0. The maximum absolute atomic E-state index is 6.08. The number of hydrogen-bond donors (Lipinski definition) is 0. The molecular formula is C47H104O. The summed E-state index contributed by atoms with van der Waals surface area (Å²) in [6.45, 7) is 32.9. The van der Waals surface area contributed by atoms with E-state index in [-0.39, 0.29) is 0 Å². The van der Waals surface area contributed by atoms with Gasteiger partial charge in [-0.2, -0.15) is 0 Å². The van der Waals surface area contributed by atoms with Crippen molar-refractivity contribution in [3.63, 3.8) is 0 Å². The molecule has 0 bridgehead atoms. The van der Waals surface area contributed by atoms with Crippen LogP contribution in [0.4, 0.5) is 0 Å². The third-order valence-corrected chi connectivity index (χ3v) is 8.47. The van der Waals surface area contributed by atoms with Crippen molar-refractivity contribution in [2.75, 3.05) is 6.61 Å². The Balaban J connectivity index is -0.000000172. The Bertz CT molecular complexity index is 420. The van der Waals surface area contributed by atoms with Gasteiger partial charge in [0.05, 0.1) is 12.4 Å². The third kappa shape index (κ3) is 71.5. The van der Waals surface area contributed by atoms with E-state index < -0.39 is 0 Å². The molecule has 0 unspecified atom stereocenters.